The number of ketones is 1. The third-order valence-corrected chi connectivity index (χ3v) is 5.24. The predicted molar refractivity (Wildman–Crippen MR) is 117 cm³/mol. The fraction of sp³-hybridized carbons (Fsp3) is 0.591. The second-order valence-electron chi connectivity index (χ2n) is 8.95. The summed E-state index contributed by atoms with van der Waals surface area (Å²) in [5.41, 5.74) is 0.642. The van der Waals surface area contributed by atoms with Crippen molar-refractivity contribution in [2.75, 3.05) is 11.9 Å². The van der Waals surface area contributed by atoms with Gasteiger partial charge in [-0.15, -0.1) is 5.10 Å². The molecule has 1 aromatic carbocycles. The molecule has 0 spiro atoms. The highest BCUT2D eigenvalue weighted by molar-refractivity contribution is 5.99. The van der Waals surface area contributed by atoms with E-state index < -0.39 is 17.7 Å². The van der Waals surface area contributed by atoms with E-state index in [9.17, 15) is 9.59 Å². The Labute approximate surface area is 182 Å². The van der Waals surface area contributed by atoms with E-state index in [4.69, 9.17) is 4.74 Å². The van der Waals surface area contributed by atoms with Gasteiger partial charge in [0, 0.05) is 17.8 Å². The number of alkyl carbamates (subject to hydrolysis) is 1. The number of rotatable bonds is 7. The minimum atomic E-state index is -0.599. The summed E-state index contributed by atoms with van der Waals surface area (Å²) < 4.78 is 7.24. The maximum Gasteiger partial charge on any atom is 0.407 e. The Hall–Kier alpha value is -2.97. The van der Waals surface area contributed by atoms with Gasteiger partial charge in [-0.25, -0.2) is 9.48 Å². The van der Waals surface area contributed by atoms with Crippen LogP contribution in [0.25, 0.3) is 0 Å². The van der Waals surface area contributed by atoms with E-state index in [1.54, 1.807) is 6.07 Å². The molecule has 1 aliphatic carbocycles. The zero-order chi connectivity index (χ0) is 22.4. The zero-order valence-electron chi connectivity index (χ0n) is 18.7. The average molecular weight is 429 g/mol. The minimum Gasteiger partial charge on any atom is -0.444 e. The van der Waals surface area contributed by atoms with Gasteiger partial charge in [0.25, 0.3) is 0 Å². The molecule has 9 nitrogen and oxygen atoms in total. The lowest BCUT2D eigenvalue weighted by atomic mass is 9.95. The standard InChI is InChI=1S/C22H32N6O3/c1-15(29)17-12-8-9-13-18(17)24-19(14-23-21(30)31-22(2,3)4)20-25-26-27-28(20)16-10-6-5-7-11-16/h8-9,12-13,16,19,24H,5-7,10-11,14H2,1-4H3,(H,23,30). The highest BCUT2D eigenvalue weighted by atomic mass is 16.6. The predicted octanol–water partition coefficient (Wildman–Crippen LogP) is 4.06. The molecule has 2 N–H and O–H groups in total. The van der Waals surface area contributed by atoms with Crippen LogP contribution in [0.1, 0.15) is 88.1 Å². The van der Waals surface area contributed by atoms with Crippen LogP contribution in [0.15, 0.2) is 24.3 Å². The van der Waals surface area contributed by atoms with Crippen LogP contribution in [0, 0.1) is 0 Å². The lowest BCUT2D eigenvalue weighted by Gasteiger charge is -2.26. The van der Waals surface area contributed by atoms with Crippen molar-refractivity contribution in [1.29, 1.82) is 0 Å². The Morgan fingerprint density at radius 1 is 1.19 bits per heavy atom. The third-order valence-electron chi connectivity index (χ3n) is 5.24. The molecule has 168 valence electrons. The molecule has 1 saturated carbocycles. The highest BCUT2D eigenvalue weighted by Crippen LogP contribution is 2.30. The van der Waals surface area contributed by atoms with Crippen molar-refractivity contribution in [3.8, 4) is 0 Å². The van der Waals surface area contributed by atoms with Gasteiger partial charge >= 0.3 is 6.09 Å². The molecule has 1 unspecified atom stereocenters. The summed E-state index contributed by atoms with van der Waals surface area (Å²) in [5, 5.41) is 18.6. The van der Waals surface area contributed by atoms with Crippen molar-refractivity contribution in [3.63, 3.8) is 0 Å². The number of hydrogen-bond donors (Lipinski definition) is 2. The van der Waals surface area contributed by atoms with Crippen LogP contribution in [-0.2, 0) is 4.74 Å². The van der Waals surface area contributed by atoms with E-state index in [1.165, 1.54) is 13.3 Å². The number of aromatic nitrogens is 4. The van der Waals surface area contributed by atoms with Crippen LogP contribution in [-0.4, -0.2) is 44.2 Å². The molecule has 1 atom stereocenters. The molecule has 1 amide bonds. The lowest BCUT2D eigenvalue weighted by molar-refractivity contribution is 0.0524. The van der Waals surface area contributed by atoms with Crippen molar-refractivity contribution >= 4 is 17.6 Å². The third kappa shape index (κ3) is 6.26. The van der Waals surface area contributed by atoms with Gasteiger partial charge in [-0.1, -0.05) is 31.4 Å². The summed E-state index contributed by atoms with van der Waals surface area (Å²) in [6.07, 6.45) is 5.04. The van der Waals surface area contributed by atoms with Crippen LogP contribution < -0.4 is 10.6 Å². The number of para-hydroxylation sites is 1. The fourth-order valence-electron chi connectivity index (χ4n) is 3.83. The summed E-state index contributed by atoms with van der Waals surface area (Å²) in [6, 6.07) is 7.08. The van der Waals surface area contributed by atoms with Crippen molar-refractivity contribution in [2.45, 2.75) is 77.5 Å². The molecule has 0 saturated heterocycles. The van der Waals surface area contributed by atoms with Crippen LogP contribution in [0.2, 0.25) is 0 Å². The summed E-state index contributed by atoms with van der Waals surface area (Å²) in [5.74, 6) is 0.579. The number of carbonyl (C=O) groups is 2. The van der Waals surface area contributed by atoms with Gasteiger partial charge in [0.1, 0.15) is 11.6 Å². The number of nitrogens with zero attached hydrogens (tertiary/aromatic N) is 4. The Morgan fingerprint density at radius 2 is 1.90 bits per heavy atom. The van der Waals surface area contributed by atoms with Gasteiger partial charge in [-0.05, 0) is 63.1 Å². The van der Waals surface area contributed by atoms with Gasteiger partial charge in [-0.3, -0.25) is 4.79 Å². The first-order valence-corrected chi connectivity index (χ1v) is 10.9. The minimum absolute atomic E-state index is 0.0474. The van der Waals surface area contributed by atoms with Gasteiger partial charge in [0.2, 0.25) is 0 Å². The molecule has 31 heavy (non-hydrogen) atoms. The number of Topliss-reactive ketones (excluding diaryl/α,β-unsaturated/α-hetero) is 1. The number of ether oxygens (including phenoxy) is 1. The summed E-state index contributed by atoms with van der Waals surface area (Å²) in [6.45, 7) is 7.17. The van der Waals surface area contributed by atoms with Crippen LogP contribution in [0.3, 0.4) is 0 Å². The van der Waals surface area contributed by atoms with E-state index in [0.29, 0.717) is 17.1 Å². The van der Waals surface area contributed by atoms with E-state index in [-0.39, 0.29) is 18.4 Å². The molecule has 3 rings (SSSR count). The first-order valence-electron chi connectivity index (χ1n) is 10.9. The fourth-order valence-corrected chi connectivity index (χ4v) is 3.83. The monoisotopic (exact) mass is 428 g/mol. The van der Waals surface area contributed by atoms with Crippen molar-refractivity contribution < 1.29 is 14.3 Å². The van der Waals surface area contributed by atoms with Gasteiger partial charge in [0.05, 0.1) is 6.04 Å². The molecule has 1 aromatic heterocycles. The molecule has 0 radical (unpaired) electrons. The maximum atomic E-state index is 12.3. The van der Waals surface area contributed by atoms with Crippen LogP contribution in [0.5, 0.6) is 0 Å². The molecule has 2 aromatic rings. The van der Waals surface area contributed by atoms with E-state index in [0.717, 1.165) is 25.7 Å². The summed E-state index contributed by atoms with van der Waals surface area (Å²) in [7, 11) is 0. The molecule has 0 bridgehead atoms. The van der Waals surface area contributed by atoms with E-state index in [2.05, 4.69) is 26.2 Å². The molecule has 1 aliphatic rings. The topological polar surface area (TPSA) is 111 Å². The van der Waals surface area contributed by atoms with E-state index >= 15 is 0 Å². The number of hydrogen-bond acceptors (Lipinski definition) is 7. The van der Waals surface area contributed by atoms with Gasteiger partial charge in [-0.2, -0.15) is 0 Å². The van der Waals surface area contributed by atoms with Crippen LogP contribution >= 0.6 is 0 Å². The first-order chi connectivity index (χ1) is 14.7. The smallest absolute Gasteiger partial charge is 0.407 e. The summed E-state index contributed by atoms with van der Waals surface area (Å²) in [4.78, 5) is 24.4. The number of tetrazole rings is 1. The number of nitrogens with one attached hydrogen (secondary N) is 2. The molecule has 1 fully saturated rings. The maximum absolute atomic E-state index is 12.3. The number of benzene rings is 1. The first kappa shape index (κ1) is 22.7. The Morgan fingerprint density at radius 3 is 2.58 bits per heavy atom. The number of amides is 1. The molecule has 0 aliphatic heterocycles. The molecule has 9 heteroatoms. The second kappa shape index (κ2) is 9.89. The van der Waals surface area contributed by atoms with E-state index in [1.807, 2.05) is 43.7 Å². The van der Waals surface area contributed by atoms with Crippen LogP contribution in [0.4, 0.5) is 10.5 Å². The van der Waals surface area contributed by atoms with Crippen molar-refractivity contribution in [3.05, 3.63) is 35.7 Å². The highest BCUT2D eigenvalue weighted by Gasteiger charge is 2.27. The normalized spacial score (nSPS) is 15.9. The second-order valence-corrected chi connectivity index (χ2v) is 8.95. The van der Waals surface area contributed by atoms with Gasteiger partial charge in [0.15, 0.2) is 11.6 Å². The summed E-state index contributed by atoms with van der Waals surface area (Å²) >= 11 is 0. The lowest BCUT2D eigenvalue weighted by Crippen LogP contribution is -2.37. The quantitative estimate of drug-likeness (QED) is 0.640. The molecule has 1 heterocycles. The van der Waals surface area contributed by atoms with Gasteiger partial charge < -0.3 is 15.4 Å². The molecular weight excluding hydrogens is 396 g/mol. The zero-order valence-corrected chi connectivity index (χ0v) is 18.7. The average Bonchev–Trinajstić information content (AvgIpc) is 3.20. The Kier molecular flexibility index (Phi) is 7.25. The largest absolute Gasteiger partial charge is 0.444 e. The molecular formula is C22H32N6O3. The van der Waals surface area contributed by atoms with Crippen molar-refractivity contribution in [1.82, 2.24) is 25.5 Å². The number of anilines is 1. The Bertz CT molecular complexity index is 899. The Balaban J connectivity index is 1.86. The number of carbonyl (C=O) groups excluding carboxylic acids is 2. The SMILES string of the molecule is CC(=O)c1ccccc1NC(CNC(=O)OC(C)(C)C)c1nnnn1C1CCCCC1. The van der Waals surface area contributed by atoms with Crippen molar-refractivity contribution in [2.24, 2.45) is 0 Å².